The summed E-state index contributed by atoms with van der Waals surface area (Å²) in [6, 6.07) is 22.4. The Morgan fingerprint density at radius 2 is 1.58 bits per heavy atom. The fourth-order valence-corrected chi connectivity index (χ4v) is 4.43. The first kappa shape index (κ1) is 19.9. The van der Waals surface area contributed by atoms with Gasteiger partial charge in [0.05, 0.1) is 23.3 Å². The summed E-state index contributed by atoms with van der Waals surface area (Å²) in [5.41, 5.74) is 4.32. The summed E-state index contributed by atoms with van der Waals surface area (Å²) >= 11 is 12.6. The largest absolute Gasteiger partial charge is 0.294 e. The first-order chi connectivity index (χ1) is 16.1. The van der Waals surface area contributed by atoms with Gasteiger partial charge in [-0.3, -0.25) is 13.9 Å². The topological polar surface area (TPSA) is 65.6 Å². The molecule has 0 aliphatic carbocycles. The molecule has 0 spiro atoms. The van der Waals surface area contributed by atoms with Crippen molar-refractivity contribution < 1.29 is 0 Å². The van der Waals surface area contributed by atoms with E-state index in [9.17, 15) is 4.79 Å². The molecule has 0 aliphatic rings. The summed E-state index contributed by atoms with van der Waals surface area (Å²) in [5.74, 6) is 0. The molecule has 33 heavy (non-hydrogen) atoms. The van der Waals surface area contributed by atoms with Gasteiger partial charge in [-0.05, 0) is 42.0 Å². The van der Waals surface area contributed by atoms with Gasteiger partial charge in [0, 0.05) is 10.0 Å². The molecule has 0 amide bonds. The molecule has 0 aliphatic heterocycles. The van der Waals surface area contributed by atoms with Crippen LogP contribution in [0.2, 0.25) is 10.0 Å². The second-order valence-electron chi connectivity index (χ2n) is 7.67. The minimum atomic E-state index is -0.213. The van der Waals surface area contributed by atoms with Gasteiger partial charge in [-0.1, -0.05) is 59.6 Å². The zero-order valence-electron chi connectivity index (χ0n) is 17.1. The molecule has 3 aromatic carbocycles. The number of fused-ring (bicyclic) bond motifs is 4. The highest BCUT2D eigenvalue weighted by atomic mass is 35.5. The summed E-state index contributed by atoms with van der Waals surface area (Å²) in [6.07, 6.45) is 1.54. The smallest absolute Gasteiger partial charge is 0.265 e. The molecule has 0 atom stereocenters. The Balaban J connectivity index is 1.70. The first-order valence-electron chi connectivity index (χ1n) is 10.3. The van der Waals surface area contributed by atoms with Crippen molar-refractivity contribution in [3.8, 4) is 5.69 Å². The van der Waals surface area contributed by atoms with Gasteiger partial charge in [0.25, 0.3) is 5.56 Å². The number of hydrogen-bond acceptors (Lipinski definition) is 4. The van der Waals surface area contributed by atoms with E-state index >= 15 is 0 Å². The van der Waals surface area contributed by atoms with Crippen molar-refractivity contribution in [1.82, 2.24) is 24.1 Å². The lowest BCUT2D eigenvalue weighted by molar-refractivity contribution is 0.747. The lowest BCUT2D eigenvalue weighted by Gasteiger charge is -2.09. The van der Waals surface area contributed by atoms with E-state index in [-0.39, 0.29) is 5.56 Å². The molecular formula is C25H15Cl2N5O. The molecule has 0 bridgehead atoms. The Hall–Kier alpha value is -3.74. The van der Waals surface area contributed by atoms with E-state index in [0.29, 0.717) is 44.3 Å². The highest BCUT2D eigenvalue weighted by Gasteiger charge is 2.21. The number of halogens is 2. The molecule has 0 radical (unpaired) electrons. The molecule has 0 unspecified atom stereocenters. The summed E-state index contributed by atoms with van der Waals surface area (Å²) in [4.78, 5) is 28.0. The fourth-order valence-electron chi connectivity index (χ4n) is 4.05. The van der Waals surface area contributed by atoms with Crippen molar-refractivity contribution in [2.75, 3.05) is 0 Å². The molecule has 0 N–H and O–H groups in total. The van der Waals surface area contributed by atoms with E-state index < -0.39 is 0 Å². The Kier molecular flexibility index (Phi) is 4.64. The third-order valence-electron chi connectivity index (χ3n) is 5.60. The van der Waals surface area contributed by atoms with Crippen molar-refractivity contribution in [3.63, 3.8) is 0 Å². The SMILES string of the molecule is O=c1c2c3nc4ccccc4nc3n(-c3cccc(Cl)c3)c2ncn1Cc1ccccc1Cl. The summed E-state index contributed by atoms with van der Waals surface area (Å²) in [6.45, 7) is 0.298. The molecule has 0 fully saturated rings. The van der Waals surface area contributed by atoms with Crippen LogP contribution < -0.4 is 5.56 Å². The highest BCUT2D eigenvalue weighted by Crippen LogP contribution is 2.29. The molecule has 3 aromatic heterocycles. The number of hydrogen-bond donors (Lipinski definition) is 0. The maximum absolute atomic E-state index is 13.7. The Morgan fingerprint density at radius 3 is 2.36 bits per heavy atom. The van der Waals surface area contributed by atoms with E-state index in [1.54, 1.807) is 16.7 Å². The summed E-state index contributed by atoms with van der Waals surface area (Å²) in [5, 5.41) is 1.57. The molecule has 0 saturated heterocycles. The lowest BCUT2D eigenvalue weighted by atomic mass is 10.2. The molecule has 0 saturated carbocycles. The molecule has 6 aromatic rings. The van der Waals surface area contributed by atoms with Crippen LogP contribution in [0.25, 0.3) is 38.9 Å². The average molecular weight is 472 g/mol. The van der Waals surface area contributed by atoms with Gasteiger partial charge in [-0.2, -0.15) is 0 Å². The van der Waals surface area contributed by atoms with Crippen molar-refractivity contribution in [2.45, 2.75) is 6.54 Å². The zero-order valence-corrected chi connectivity index (χ0v) is 18.6. The molecule has 160 valence electrons. The van der Waals surface area contributed by atoms with Crippen LogP contribution in [0.1, 0.15) is 5.56 Å². The quantitative estimate of drug-likeness (QED) is 0.335. The van der Waals surface area contributed by atoms with E-state index in [4.69, 9.17) is 33.2 Å². The van der Waals surface area contributed by atoms with E-state index in [2.05, 4.69) is 4.98 Å². The van der Waals surface area contributed by atoms with Gasteiger partial charge in [-0.25, -0.2) is 15.0 Å². The second kappa shape index (κ2) is 7.69. The van der Waals surface area contributed by atoms with Gasteiger partial charge in [0.15, 0.2) is 11.3 Å². The summed E-state index contributed by atoms with van der Waals surface area (Å²) in [7, 11) is 0. The van der Waals surface area contributed by atoms with E-state index in [1.807, 2.05) is 65.2 Å². The molecular weight excluding hydrogens is 457 g/mol. The van der Waals surface area contributed by atoms with Crippen LogP contribution in [0.5, 0.6) is 0 Å². The maximum Gasteiger partial charge on any atom is 0.265 e. The van der Waals surface area contributed by atoms with Gasteiger partial charge < -0.3 is 0 Å². The van der Waals surface area contributed by atoms with Crippen molar-refractivity contribution >= 4 is 56.4 Å². The number of nitrogens with zero attached hydrogens (tertiary/aromatic N) is 5. The van der Waals surface area contributed by atoms with Crippen molar-refractivity contribution in [1.29, 1.82) is 0 Å². The molecule has 6 rings (SSSR count). The summed E-state index contributed by atoms with van der Waals surface area (Å²) < 4.78 is 3.37. The first-order valence-corrected chi connectivity index (χ1v) is 11.0. The third-order valence-corrected chi connectivity index (χ3v) is 6.20. The maximum atomic E-state index is 13.7. The van der Waals surface area contributed by atoms with Gasteiger partial charge >= 0.3 is 0 Å². The van der Waals surface area contributed by atoms with E-state index in [1.165, 1.54) is 6.33 Å². The minimum absolute atomic E-state index is 0.213. The van der Waals surface area contributed by atoms with Gasteiger partial charge in [0.2, 0.25) is 0 Å². The van der Waals surface area contributed by atoms with Crippen molar-refractivity contribution in [2.24, 2.45) is 0 Å². The van der Waals surface area contributed by atoms with Crippen LogP contribution in [-0.2, 0) is 6.54 Å². The molecule has 3 heterocycles. The lowest BCUT2D eigenvalue weighted by Crippen LogP contribution is -2.21. The second-order valence-corrected chi connectivity index (χ2v) is 8.51. The van der Waals surface area contributed by atoms with Crippen molar-refractivity contribution in [3.05, 3.63) is 105 Å². The predicted octanol–water partition coefficient (Wildman–Crippen LogP) is 5.64. The normalized spacial score (nSPS) is 11.6. The van der Waals surface area contributed by atoms with Gasteiger partial charge in [-0.15, -0.1) is 0 Å². The highest BCUT2D eigenvalue weighted by molar-refractivity contribution is 6.31. The number of benzene rings is 3. The Labute approximate surface area is 197 Å². The number of rotatable bonds is 3. The van der Waals surface area contributed by atoms with Crippen LogP contribution >= 0.6 is 23.2 Å². The molecule has 6 nitrogen and oxygen atoms in total. The third kappa shape index (κ3) is 3.26. The van der Waals surface area contributed by atoms with E-state index in [0.717, 1.165) is 16.8 Å². The van der Waals surface area contributed by atoms with Crippen LogP contribution in [0.3, 0.4) is 0 Å². The van der Waals surface area contributed by atoms with Crippen LogP contribution in [-0.4, -0.2) is 24.1 Å². The average Bonchev–Trinajstić information content (AvgIpc) is 3.14. The molecule has 8 heteroatoms. The van der Waals surface area contributed by atoms with Gasteiger partial charge in [0.1, 0.15) is 17.2 Å². The monoisotopic (exact) mass is 471 g/mol. The minimum Gasteiger partial charge on any atom is -0.294 e. The van der Waals surface area contributed by atoms with Crippen LogP contribution in [0, 0.1) is 0 Å². The fraction of sp³-hybridized carbons (Fsp3) is 0.0400. The van der Waals surface area contributed by atoms with Crippen LogP contribution in [0.15, 0.2) is 83.9 Å². The zero-order chi connectivity index (χ0) is 22.5. The number of para-hydroxylation sites is 2. The predicted molar refractivity (Wildman–Crippen MR) is 131 cm³/mol. The standard InChI is InChI=1S/C25H15Cl2N5O/c26-16-7-5-8-17(12-16)32-23-21(22-24(32)30-20-11-4-3-10-19(20)29-22)25(33)31(14-28-23)13-15-6-1-2-9-18(15)27/h1-12,14H,13H2. The van der Waals surface area contributed by atoms with Crippen LogP contribution in [0.4, 0.5) is 0 Å². The Bertz CT molecular complexity index is 1760. The Morgan fingerprint density at radius 1 is 0.818 bits per heavy atom. The number of aromatic nitrogens is 5.